The molecule has 8 heteroatoms. The van der Waals surface area contributed by atoms with E-state index in [-0.39, 0.29) is 11.4 Å². The summed E-state index contributed by atoms with van der Waals surface area (Å²) in [6, 6.07) is 2.87. The third-order valence-electron chi connectivity index (χ3n) is 2.38. The largest absolute Gasteiger partial charge is 0.445 e. The van der Waals surface area contributed by atoms with Gasteiger partial charge in [0, 0.05) is 19.3 Å². The number of oxazole rings is 1. The van der Waals surface area contributed by atoms with Crippen LogP contribution in [0.2, 0.25) is 0 Å². The van der Waals surface area contributed by atoms with Gasteiger partial charge < -0.3 is 9.73 Å². The second-order valence-electron chi connectivity index (χ2n) is 3.82. The molecule has 0 aromatic carbocycles. The van der Waals surface area contributed by atoms with Gasteiger partial charge in [-0.25, -0.2) is 23.1 Å². The van der Waals surface area contributed by atoms with Crippen molar-refractivity contribution in [3.05, 3.63) is 36.2 Å². The van der Waals surface area contributed by atoms with Crippen LogP contribution in [0, 0.1) is 6.92 Å². The van der Waals surface area contributed by atoms with Gasteiger partial charge >= 0.3 is 0 Å². The maximum atomic E-state index is 12.0. The van der Waals surface area contributed by atoms with Gasteiger partial charge in [0.25, 0.3) is 0 Å². The highest BCUT2D eigenvalue weighted by Crippen LogP contribution is 2.12. The van der Waals surface area contributed by atoms with Crippen molar-refractivity contribution in [2.24, 2.45) is 0 Å². The van der Waals surface area contributed by atoms with Gasteiger partial charge in [0.05, 0.1) is 17.6 Å². The molecule has 0 unspecified atom stereocenters. The van der Waals surface area contributed by atoms with E-state index in [1.807, 2.05) is 0 Å². The monoisotopic (exact) mass is 282 g/mol. The number of nitrogens with zero attached hydrogens (tertiary/aromatic N) is 2. The van der Waals surface area contributed by atoms with Gasteiger partial charge in [0.1, 0.15) is 11.6 Å². The normalized spacial score (nSPS) is 11.5. The first-order valence-corrected chi connectivity index (χ1v) is 7.04. The minimum atomic E-state index is -3.61. The van der Waals surface area contributed by atoms with Gasteiger partial charge in [-0.2, -0.15) is 0 Å². The molecule has 0 aliphatic heterocycles. The van der Waals surface area contributed by atoms with Crippen LogP contribution >= 0.6 is 0 Å². The van der Waals surface area contributed by atoms with Crippen LogP contribution in [0.3, 0.4) is 0 Å². The Morgan fingerprint density at radius 2 is 2.16 bits per heavy atom. The van der Waals surface area contributed by atoms with E-state index in [1.54, 1.807) is 14.0 Å². The summed E-state index contributed by atoms with van der Waals surface area (Å²) in [7, 11) is -1.94. The number of aryl methyl sites for hydroxylation is 1. The van der Waals surface area contributed by atoms with E-state index in [1.165, 1.54) is 24.5 Å². The third kappa shape index (κ3) is 3.30. The fraction of sp³-hybridized carbons (Fsp3) is 0.273. The van der Waals surface area contributed by atoms with Gasteiger partial charge in [0.15, 0.2) is 0 Å². The Morgan fingerprint density at radius 3 is 2.79 bits per heavy atom. The molecule has 0 saturated heterocycles. The zero-order valence-electron chi connectivity index (χ0n) is 10.5. The number of nitrogens with one attached hydrogen (secondary N) is 2. The van der Waals surface area contributed by atoms with Crippen LogP contribution < -0.4 is 10.0 Å². The molecule has 0 spiro atoms. The average Bonchev–Trinajstić information content (AvgIpc) is 2.82. The maximum Gasteiger partial charge on any atom is 0.241 e. The van der Waals surface area contributed by atoms with Crippen LogP contribution in [-0.4, -0.2) is 25.4 Å². The van der Waals surface area contributed by atoms with E-state index >= 15 is 0 Å². The highest BCUT2D eigenvalue weighted by molar-refractivity contribution is 7.89. The minimum absolute atomic E-state index is 0.00732. The summed E-state index contributed by atoms with van der Waals surface area (Å²) >= 11 is 0. The van der Waals surface area contributed by atoms with Crippen molar-refractivity contribution in [1.82, 2.24) is 14.7 Å². The Balaban J connectivity index is 2.13. The fourth-order valence-electron chi connectivity index (χ4n) is 1.44. The van der Waals surface area contributed by atoms with Crippen LogP contribution in [0.25, 0.3) is 0 Å². The summed E-state index contributed by atoms with van der Waals surface area (Å²) in [4.78, 5) is 8.02. The highest BCUT2D eigenvalue weighted by atomic mass is 32.2. The summed E-state index contributed by atoms with van der Waals surface area (Å²) in [5.74, 6) is 1.44. The zero-order valence-corrected chi connectivity index (χ0v) is 11.4. The standard InChI is InChI=1S/C11H14N4O3S/c1-8-6-14-11(18-8)7-15-19(16,17)9-3-4-13-10(5-9)12-2/h3-6,15H,7H2,1-2H3,(H,12,13). The van der Waals surface area contributed by atoms with Crippen molar-refractivity contribution < 1.29 is 12.8 Å². The first kappa shape index (κ1) is 13.5. The topological polar surface area (TPSA) is 97.1 Å². The molecule has 102 valence electrons. The summed E-state index contributed by atoms with van der Waals surface area (Å²) in [5, 5.41) is 2.78. The molecule has 0 amide bonds. The Morgan fingerprint density at radius 1 is 1.37 bits per heavy atom. The molecule has 0 bridgehead atoms. The van der Waals surface area contributed by atoms with Gasteiger partial charge in [-0.15, -0.1) is 0 Å². The van der Waals surface area contributed by atoms with Crippen molar-refractivity contribution in [1.29, 1.82) is 0 Å². The van der Waals surface area contributed by atoms with E-state index in [0.29, 0.717) is 17.5 Å². The number of sulfonamides is 1. The molecule has 0 atom stereocenters. The SMILES string of the molecule is CNc1cc(S(=O)(=O)NCc2ncc(C)o2)ccn1. The van der Waals surface area contributed by atoms with Crippen molar-refractivity contribution >= 4 is 15.8 Å². The number of rotatable bonds is 5. The molecule has 2 N–H and O–H groups in total. The van der Waals surface area contributed by atoms with E-state index < -0.39 is 10.0 Å². The molecule has 0 saturated carbocycles. The molecular weight excluding hydrogens is 268 g/mol. The highest BCUT2D eigenvalue weighted by Gasteiger charge is 2.15. The van der Waals surface area contributed by atoms with Gasteiger partial charge in [0.2, 0.25) is 15.9 Å². The minimum Gasteiger partial charge on any atom is -0.445 e. The van der Waals surface area contributed by atoms with Crippen LogP contribution in [0.4, 0.5) is 5.82 Å². The lowest BCUT2D eigenvalue weighted by Crippen LogP contribution is -2.23. The molecule has 2 heterocycles. The van der Waals surface area contributed by atoms with Gasteiger partial charge in [-0.3, -0.25) is 0 Å². The Bertz CT molecular complexity index is 666. The van der Waals surface area contributed by atoms with Crippen molar-refractivity contribution in [2.75, 3.05) is 12.4 Å². The smallest absolute Gasteiger partial charge is 0.241 e. The quantitative estimate of drug-likeness (QED) is 0.845. The summed E-state index contributed by atoms with van der Waals surface area (Å²) in [6.45, 7) is 1.75. The fourth-order valence-corrected chi connectivity index (χ4v) is 2.43. The Kier molecular flexibility index (Phi) is 3.82. The van der Waals surface area contributed by atoms with E-state index in [0.717, 1.165) is 0 Å². The first-order chi connectivity index (χ1) is 9.01. The lowest BCUT2D eigenvalue weighted by molar-refractivity contribution is 0.463. The lowest BCUT2D eigenvalue weighted by atomic mass is 10.5. The zero-order chi connectivity index (χ0) is 13.9. The second-order valence-corrected chi connectivity index (χ2v) is 5.58. The number of anilines is 1. The molecule has 0 fully saturated rings. The second kappa shape index (κ2) is 5.37. The molecule has 7 nitrogen and oxygen atoms in total. The molecular formula is C11H14N4O3S. The van der Waals surface area contributed by atoms with Gasteiger partial charge in [-0.1, -0.05) is 0 Å². The van der Waals surface area contributed by atoms with Crippen molar-refractivity contribution in [3.63, 3.8) is 0 Å². The average molecular weight is 282 g/mol. The molecule has 2 rings (SSSR count). The lowest BCUT2D eigenvalue weighted by Gasteiger charge is -2.06. The summed E-state index contributed by atoms with van der Waals surface area (Å²) < 4.78 is 31.7. The predicted molar refractivity (Wildman–Crippen MR) is 69.0 cm³/mol. The van der Waals surface area contributed by atoms with E-state index in [4.69, 9.17) is 4.42 Å². The Labute approximate surface area is 111 Å². The van der Waals surface area contributed by atoms with Crippen LogP contribution in [0.15, 0.2) is 33.8 Å². The number of hydrogen-bond donors (Lipinski definition) is 2. The molecule has 0 aliphatic carbocycles. The maximum absolute atomic E-state index is 12.0. The summed E-state index contributed by atoms with van der Waals surface area (Å²) in [6.07, 6.45) is 2.96. The van der Waals surface area contributed by atoms with E-state index in [9.17, 15) is 8.42 Å². The number of hydrogen-bond acceptors (Lipinski definition) is 6. The number of aromatic nitrogens is 2. The molecule has 0 radical (unpaired) electrons. The van der Waals surface area contributed by atoms with Crippen LogP contribution in [0.5, 0.6) is 0 Å². The predicted octanol–water partition coefficient (Wildman–Crippen LogP) is 0.898. The molecule has 0 aliphatic rings. The van der Waals surface area contributed by atoms with Crippen molar-refractivity contribution in [2.45, 2.75) is 18.4 Å². The first-order valence-electron chi connectivity index (χ1n) is 5.56. The third-order valence-corrected chi connectivity index (χ3v) is 3.78. The number of pyridine rings is 1. The molecule has 2 aromatic rings. The van der Waals surface area contributed by atoms with Gasteiger partial charge in [-0.05, 0) is 13.0 Å². The Hall–Kier alpha value is -1.93. The molecule has 2 aromatic heterocycles. The van der Waals surface area contributed by atoms with E-state index in [2.05, 4.69) is 20.0 Å². The van der Waals surface area contributed by atoms with Crippen LogP contribution in [0.1, 0.15) is 11.7 Å². The van der Waals surface area contributed by atoms with Crippen molar-refractivity contribution in [3.8, 4) is 0 Å². The molecule has 19 heavy (non-hydrogen) atoms. The summed E-state index contributed by atoms with van der Waals surface area (Å²) in [5.41, 5.74) is 0. The van der Waals surface area contributed by atoms with Crippen LogP contribution in [-0.2, 0) is 16.6 Å².